The molecule has 2 N–H and O–H groups in total. The number of fused-ring (bicyclic) bond motifs is 1. The van der Waals surface area contributed by atoms with E-state index in [0.29, 0.717) is 31.8 Å². The van der Waals surface area contributed by atoms with Crippen molar-refractivity contribution in [1.29, 1.82) is 0 Å². The Labute approximate surface area is 187 Å². The maximum atomic E-state index is 12.4. The minimum atomic E-state index is -0.942. The fourth-order valence-corrected chi connectivity index (χ4v) is 4.47. The first-order valence-electron chi connectivity index (χ1n) is 11.1. The third-order valence-corrected chi connectivity index (χ3v) is 6.23. The van der Waals surface area contributed by atoms with E-state index in [0.717, 1.165) is 36.1 Å². The van der Waals surface area contributed by atoms with Crippen LogP contribution in [-0.2, 0) is 17.6 Å². The lowest BCUT2D eigenvalue weighted by Crippen LogP contribution is -2.16. The number of hydrogen-bond acceptors (Lipinski definition) is 5. The number of aliphatic hydroxyl groups excluding tert-OH is 1. The Bertz CT molecular complexity index is 994. The van der Waals surface area contributed by atoms with Gasteiger partial charge in [0, 0.05) is 18.8 Å². The Morgan fingerprint density at radius 3 is 2.53 bits per heavy atom. The molecule has 0 aromatic heterocycles. The van der Waals surface area contributed by atoms with Crippen molar-refractivity contribution in [3.8, 4) is 11.5 Å². The number of aromatic carboxylic acids is 1. The van der Waals surface area contributed by atoms with E-state index in [4.69, 9.17) is 14.6 Å². The average Bonchev–Trinajstić information content (AvgIpc) is 3.15. The molecule has 1 aliphatic carbocycles. The summed E-state index contributed by atoms with van der Waals surface area (Å²) in [4.78, 5) is 23.4. The second kappa shape index (κ2) is 10.0. The van der Waals surface area contributed by atoms with E-state index >= 15 is 0 Å². The highest BCUT2D eigenvalue weighted by Crippen LogP contribution is 2.34. The van der Waals surface area contributed by atoms with Gasteiger partial charge in [-0.25, -0.2) is 4.79 Å². The first kappa shape index (κ1) is 22.1. The third kappa shape index (κ3) is 5.37. The van der Waals surface area contributed by atoms with Gasteiger partial charge in [0.2, 0.25) is 0 Å². The van der Waals surface area contributed by atoms with Gasteiger partial charge in [-0.15, -0.1) is 0 Å². The number of ketones is 1. The van der Waals surface area contributed by atoms with Crippen LogP contribution in [0.4, 0.5) is 0 Å². The van der Waals surface area contributed by atoms with Gasteiger partial charge in [-0.3, -0.25) is 4.79 Å². The molecule has 3 atom stereocenters. The van der Waals surface area contributed by atoms with Crippen LogP contribution in [0.15, 0.2) is 54.6 Å². The molecule has 0 radical (unpaired) electrons. The Kier molecular flexibility index (Phi) is 6.90. The molecule has 0 bridgehead atoms. The summed E-state index contributed by atoms with van der Waals surface area (Å²) in [5.74, 6) is 0.825. The number of rotatable bonds is 8. The van der Waals surface area contributed by atoms with E-state index in [9.17, 15) is 14.7 Å². The minimum absolute atomic E-state index is 0.0631. The lowest BCUT2D eigenvalue weighted by Gasteiger charge is -2.19. The first-order valence-corrected chi connectivity index (χ1v) is 11.1. The third-order valence-electron chi connectivity index (χ3n) is 6.23. The summed E-state index contributed by atoms with van der Waals surface area (Å²) >= 11 is 0. The van der Waals surface area contributed by atoms with Crippen LogP contribution in [0.1, 0.15) is 40.7 Å². The molecule has 6 nitrogen and oxygen atoms in total. The minimum Gasteiger partial charge on any atom is -0.486 e. The Morgan fingerprint density at radius 1 is 1.06 bits per heavy atom. The SMILES string of the molecule is O=C(O)c1ccc(CCC2C(=O)CCC2C=CC(O)Cc2ccc3c(c2)OCCO3)cc1. The van der Waals surface area contributed by atoms with E-state index in [-0.39, 0.29) is 23.2 Å². The van der Waals surface area contributed by atoms with Gasteiger partial charge in [-0.2, -0.15) is 0 Å². The van der Waals surface area contributed by atoms with Crippen molar-refractivity contribution in [3.05, 3.63) is 71.3 Å². The lowest BCUT2D eigenvalue weighted by atomic mass is 9.88. The lowest BCUT2D eigenvalue weighted by molar-refractivity contribution is -0.121. The van der Waals surface area contributed by atoms with Crippen LogP contribution >= 0.6 is 0 Å². The summed E-state index contributed by atoms with van der Waals surface area (Å²) in [6.45, 7) is 1.08. The smallest absolute Gasteiger partial charge is 0.335 e. The highest BCUT2D eigenvalue weighted by molar-refractivity contribution is 5.87. The van der Waals surface area contributed by atoms with Crippen molar-refractivity contribution in [3.63, 3.8) is 0 Å². The van der Waals surface area contributed by atoms with E-state index in [1.165, 1.54) is 0 Å². The van der Waals surface area contributed by atoms with E-state index in [1.807, 2.05) is 36.4 Å². The molecule has 0 amide bonds. The van der Waals surface area contributed by atoms with Gasteiger partial charge >= 0.3 is 5.97 Å². The van der Waals surface area contributed by atoms with Crippen LogP contribution in [0, 0.1) is 11.8 Å². The molecule has 2 aromatic carbocycles. The first-order chi connectivity index (χ1) is 15.5. The predicted octanol–water partition coefficient (Wildman–Crippen LogP) is 3.84. The highest BCUT2D eigenvalue weighted by atomic mass is 16.6. The molecule has 1 fully saturated rings. The molecule has 1 aliphatic heterocycles. The van der Waals surface area contributed by atoms with Crippen molar-refractivity contribution < 1.29 is 29.3 Å². The van der Waals surface area contributed by atoms with Gasteiger partial charge in [0.15, 0.2) is 11.5 Å². The average molecular weight is 437 g/mol. The summed E-state index contributed by atoms with van der Waals surface area (Å²) in [6, 6.07) is 12.5. The summed E-state index contributed by atoms with van der Waals surface area (Å²) in [5, 5.41) is 19.5. The maximum absolute atomic E-state index is 12.4. The number of carbonyl (C=O) groups is 2. The molecule has 0 saturated heterocycles. The van der Waals surface area contributed by atoms with Crippen LogP contribution in [0.2, 0.25) is 0 Å². The number of benzene rings is 2. The van der Waals surface area contributed by atoms with Crippen LogP contribution in [0.5, 0.6) is 11.5 Å². The number of carboxylic acids is 1. The van der Waals surface area contributed by atoms with Crippen molar-refractivity contribution in [2.24, 2.45) is 11.8 Å². The van der Waals surface area contributed by atoms with Gasteiger partial charge in [0.1, 0.15) is 19.0 Å². The molecular formula is C26H28O6. The fraction of sp³-hybridized carbons (Fsp3) is 0.385. The number of ether oxygens (including phenoxy) is 2. The molecule has 2 aliphatic rings. The van der Waals surface area contributed by atoms with Gasteiger partial charge in [-0.05, 0) is 60.6 Å². The zero-order chi connectivity index (χ0) is 22.5. The van der Waals surface area contributed by atoms with Gasteiger partial charge in [0.05, 0.1) is 11.7 Å². The van der Waals surface area contributed by atoms with Crippen molar-refractivity contribution in [2.45, 2.75) is 38.2 Å². The number of carboxylic acid groups (broad SMARTS) is 1. The molecule has 168 valence electrons. The van der Waals surface area contributed by atoms with Crippen LogP contribution in [0.25, 0.3) is 0 Å². The number of hydrogen-bond donors (Lipinski definition) is 2. The highest BCUT2D eigenvalue weighted by Gasteiger charge is 2.32. The Hall–Kier alpha value is -3.12. The van der Waals surface area contributed by atoms with Crippen LogP contribution in [0.3, 0.4) is 0 Å². The van der Waals surface area contributed by atoms with Crippen LogP contribution in [-0.4, -0.2) is 41.3 Å². The molecule has 0 spiro atoms. The van der Waals surface area contributed by atoms with Crippen LogP contribution < -0.4 is 9.47 Å². The van der Waals surface area contributed by atoms with Gasteiger partial charge in [-0.1, -0.05) is 30.4 Å². The van der Waals surface area contributed by atoms with E-state index < -0.39 is 12.1 Å². The van der Waals surface area contributed by atoms with E-state index in [1.54, 1.807) is 18.2 Å². The number of allylic oxidation sites excluding steroid dienone is 1. The molecule has 1 heterocycles. The topological polar surface area (TPSA) is 93.1 Å². The Morgan fingerprint density at radius 2 is 1.78 bits per heavy atom. The van der Waals surface area contributed by atoms with Gasteiger partial charge < -0.3 is 19.7 Å². The normalized spacial score (nSPS) is 21.1. The number of aliphatic hydroxyl groups is 1. The summed E-state index contributed by atoms with van der Waals surface area (Å²) in [5.41, 5.74) is 2.25. The zero-order valence-corrected chi connectivity index (χ0v) is 17.9. The van der Waals surface area contributed by atoms with Crippen molar-refractivity contribution >= 4 is 11.8 Å². The summed E-state index contributed by atoms with van der Waals surface area (Å²) < 4.78 is 11.1. The molecule has 2 aromatic rings. The van der Waals surface area contributed by atoms with E-state index in [2.05, 4.69) is 0 Å². The molecule has 4 rings (SSSR count). The van der Waals surface area contributed by atoms with Crippen molar-refractivity contribution in [2.75, 3.05) is 13.2 Å². The fourth-order valence-electron chi connectivity index (χ4n) is 4.47. The monoisotopic (exact) mass is 436 g/mol. The molecule has 32 heavy (non-hydrogen) atoms. The molecular weight excluding hydrogens is 408 g/mol. The second-order valence-electron chi connectivity index (χ2n) is 8.45. The summed E-state index contributed by atoms with van der Waals surface area (Å²) in [7, 11) is 0. The predicted molar refractivity (Wildman–Crippen MR) is 119 cm³/mol. The summed E-state index contributed by atoms with van der Waals surface area (Å²) in [6.07, 6.45) is 6.43. The number of Topliss-reactive ketones (excluding diaryl/α,β-unsaturated/α-hetero) is 1. The number of carbonyl (C=O) groups excluding carboxylic acids is 1. The van der Waals surface area contributed by atoms with Crippen molar-refractivity contribution in [1.82, 2.24) is 0 Å². The quantitative estimate of drug-likeness (QED) is 0.611. The largest absolute Gasteiger partial charge is 0.486 e. The second-order valence-corrected chi connectivity index (χ2v) is 8.45. The molecule has 1 saturated carbocycles. The van der Waals surface area contributed by atoms with Gasteiger partial charge in [0.25, 0.3) is 0 Å². The molecule has 3 unspecified atom stereocenters. The zero-order valence-electron chi connectivity index (χ0n) is 17.9. The number of aryl methyl sites for hydroxylation is 1. The Balaban J connectivity index is 1.32. The molecule has 6 heteroatoms. The standard InChI is InChI=1S/C26H28O6/c27-21(15-18-4-12-24-25(16-18)32-14-13-31-24)9-7-19-8-11-23(28)22(19)10-3-17-1-5-20(6-2-17)26(29)30/h1-2,4-7,9,12,16,19,21-22,27H,3,8,10-11,13-15H2,(H,29,30). The maximum Gasteiger partial charge on any atom is 0.335 e.